The number of methoxy groups -OCH3 is 1. The molecule has 0 spiro atoms. The van der Waals surface area contributed by atoms with E-state index in [1.165, 1.54) is 0 Å². The second-order valence-electron chi connectivity index (χ2n) is 5.19. The normalized spacial score (nSPS) is 22.2. The summed E-state index contributed by atoms with van der Waals surface area (Å²) < 4.78 is 7.39. The first kappa shape index (κ1) is 11.3. The van der Waals surface area contributed by atoms with Crippen LogP contribution in [0.5, 0.6) is 5.75 Å². The van der Waals surface area contributed by atoms with Crippen molar-refractivity contribution in [2.45, 2.75) is 13.3 Å². The number of aromatic nitrogens is 1. The third kappa shape index (κ3) is 1.54. The van der Waals surface area contributed by atoms with Gasteiger partial charge in [-0.3, -0.25) is 4.79 Å². The number of carbonyl (C=O) groups excluding carboxylic acids is 1. The van der Waals surface area contributed by atoms with E-state index < -0.39 is 0 Å². The summed E-state index contributed by atoms with van der Waals surface area (Å²) in [5.74, 6) is 1.78. The van der Waals surface area contributed by atoms with Gasteiger partial charge in [-0.1, -0.05) is 13.0 Å². The molecule has 0 bridgehead atoms. The number of benzene rings is 1. The van der Waals surface area contributed by atoms with Crippen LogP contribution in [0.1, 0.15) is 23.7 Å². The number of hydrogen-bond acceptors (Lipinski definition) is 2. The zero-order valence-corrected chi connectivity index (χ0v) is 10.9. The molecular weight excluding hydrogens is 226 g/mol. The van der Waals surface area contributed by atoms with Crippen molar-refractivity contribution in [1.82, 2.24) is 4.57 Å². The Kier molecular flexibility index (Phi) is 2.44. The highest BCUT2D eigenvalue weighted by molar-refractivity contribution is 6.12. The molecule has 1 fully saturated rings. The molecule has 3 nitrogen and oxygen atoms in total. The average Bonchev–Trinajstić information content (AvgIpc) is 3.01. The van der Waals surface area contributed by atoms with E-state index >= 15 is 0 Å². The maximum Gasteiger partial charge on any atom is 0.168 e. The van der Waals surface area contributed by atoms with Crippen LogP contribution in [0.25, 0.3) is 10.9 Å². The second kappa shape index (κ2) is 3.87. The van der Waals surface area contributed by atoms with Gasteiger partial charge in [-0.2, -0.15) is 0 Å². The summed E-state index contributed by atoms with van der Waals surface area (Å²) in [6.07, 6.45) is 2.95. The van der Waals surface area contributed by atoms with E-state index in [1.807, 2.05) is 36.0 Å². The Morgan fingerprint density at radius 2 is 2.17 bits per heavy atom. The third-order valence-corrected chi connectivity index (χ3v) is 3.91. The molecule has 1 heterocycles. The SMILES string of the molecule is COc1cccc2c1c(C(=O)C1CC1C)cn2C. The number of ketones is 1. The topological polar surface area (TPSA) is 31.2 Å². The van der Waals surface area contributed by atoms with Gasteiger partial charge in [-0.05, 0) is 24.5 Å². The van der Waals surface area contributed by atoms with E-state index in [9.17, 15) is 4.79 Å². The van der Waals surface area contributed by atoms with Crippen molar-refractivity contribution in [3.8, 4) is 5.75 Å². The van der Waals surface area contributed by atoms with Crippen LogP contribution in [0.2, 0.25) is 0 Å². The molecule has 1 aromatic carbocycles. The van der Waals surface area contributed by atoms with Crippen molar-refractivity contribution in [2.24, 2.45) is 18.9 Å². The number of rotatable bonds is 3. The number of Topliss-reactive ketones (excluding diaryl/α,β-unsaturated/α-hetero) is 1. The molecule has 94 valence electrons. The van der Waals surface area contributed by atoms with Crippen molar-refractivity contribution in [1.29, 1.82) is 0 Å². The summed E-state index contributed by atoms with van der Waals surface area (Å²) in [6, 6.07) is 5.88. The van der Waals surface area contributed by atoms with Crippen molar-refractivity contribution in [3.63, 3.8) is 0 Å². The predicted octanol–water partition coefficient (Wildman–Crippen LogP) is 3.03. The van der Waals surface area contributed by atoms with Gasteiger partial charge in [0.05, 0.1) is 18.0 Å². The number of carbonyl (C=O) groups is 1. The Labute approximate surface area is 106 Å². The second-order valence-corrected chi connectivity index (χ2v) is 5.19. The Bertz CT molecular complexity index is 627. The van der Waals surface area contributed by atoms with Crippen molar-refractivity contribution < 1.29 is 9.53 Å². The van der Waals surface area contributed by atoms with Crippen LogP contribution in [0, 0.1) is 11.8 Å². The molecule has 1 aliphatic rings. The van der Waals surface area contributed by atoms with Gasteiger partial charge in [0.1, 0.15) is 5.75 Å². The quantitative estimate of drug-likeness (QED) is 0.776. The van der Waals surface area contributed by atoms with Gasteiger partial charge in [0, 0.05) is 24.7 Å². The van der Waals surface area contributed by atoms with E-state index in [4.69, 9.17) is 4.74 Å². The zero-order valence-electron chi connectivity index (χ0n) is 10.9. The molecular formula is C15H17NO2. The summed E-state index contributed by atoms with van der Waals surface area (Å²) in [6.45, 7) is 2.13. The van der Waals surface area contributed by atoms with Crippen LogP contribution in [0.15, 0.2) is 24.4 Å². The smallest absolute Gasteiger partial charge is 0.168 e. The molecule has 3 rings (SSSR count). The minimum absolute atomic E-state index is 0.209. The maximum absolute atomic E-state index is 12.4. The van der Waals surface area contributed by atoms with Gasteiger partial charge >= 0.3 is 0 Å². The van der Waals surface area contributed by atoms with Gasteiger partial charge in [0.2, 0.25) is 0 Å². The Balaban J connectivity index is 2.20. The minimum atomic E-state index is 0.209. The number of fused-ring (bicyclic) bond motifs is 1. The van der Waals surface area contributed by atoms with E-state index in [2.05, 4.69) is 6.92 Å². The van der Waals surface area contributed by atoms with Gasteiger partial charge in [-0.25, -0.2) is 0 Å². The number of aryl methyl sites for hydroxylation is 1. The molecule has 1 aliphatic carbocycles. The van der Waals surface area contributed by atoms with Gasteiger partial charge in [0.15, 0.2) is 5.78 Å². The maximum atomic E-state index is 12.4. The van der Waals surface area contributed by atoms with Gasteiger partial charge in [0.25, 0.3) is 0 Å². The fourth-order valence-electron chi connectivity index (χ4n) is 2.66. The minimum Gasteiger partial charge on any atom is -0.496 e. The monoisotopic (exact) mass is 243 g/mol. The van der Waals surface area contributed by atoms with Crippen molar-refractivity contribution in [3.05, 3.63) is 30.0 Å². The molecule has 0 amide bonds. The van der Waals surface area contributed by atoms with Crippen LogP contribution < -0.4 is 4.74 Å². The molecule has 2 aromatic rings. The highest BCUT2D eigenvalue weighted by Gasteiger charge is 2.40. The van der Waals surface area contributed by atoms with Crippen LogP contribution in [-0.4, -0.2) is 17.5 Å². The molecule has 0 radical (unpaired) electrons. The van der Waals surface area contributed by atoms with Crippen LogP contribution in [0.4, 0.5) is 0 Å². The molecule has 3 heteroatoms. The standard InChI is InChI=1S/C15H17NO2/c1-9-7-10(9)15(17)11-8-16(2)12-5-4-6-13(18-3)14(11)12/h4-6,8-10H,7H2,1-3H3. The molecule has 18 heavy (non-hydrogen) atoms. The number of nitrogens with zero attached hydrogens (tertiary/aromatic N) is 1. The first-order chi connectivity index (χ1) is 8.63. The third-order valence-electron chi connectivity index (χ3n) is 3.91. The summed E-state index contributed by atoms with van der Waals surface area (Å²) >= 11 is 0. The van der Waals surface area contributed by atoms with Crippen LogP contribution in [0.3, 0.4) is 0 Å². The highest BCUT2D eigenvalue weighted by Crippen LogP contribution is 2.42. The first-order valence-electron chi connectivity index (χ1n) is 6.29. The van der Waals surface area contributed by atoms with Gasteiger partial charge in [-0.15, -0.1) is 0 Å². The molecule has 0 saturated heterocycles. The van der Waals surface area contributed by atoms with E-state index in [0.717, 1.165) is 28.6 Å². The lowest BCUT2D eigenvalue weighted by atomic mass is 10.0. The lowest BCUT2D eigenvalue weighted by Gasteiger charge is -2.04. The molecule has 2 unspecified atom stereocenters. The summed E-state index contributed by atoms with van der Waals surface area (Å²) in [5, 5.41) is 0.951. The Morgan fingerprint density at radius 3 is 2.78 bits per heavy atom. The first-order valence-corrected chi connectivity index (χ1v) is 6.29. The Morgan fingerprint density at radius 1 is 1.44 bits per heavy atom. The van der Waals surface area contributed by atoms with Crippen LogP contribution >= 0.6 is 0 Å². The molecule has 0 aliphatic heterocycles. The van der Waals surface area contributed by atoms with Gasteiger partial charge < -0.3 is 9.30 Å². The van der Waals surface area contributed by atoms with Crippen LogP contribution in [-0.2, 0) is 7.05 Å². The zero-order chi connectivity index (χ0) is 12.9. The van der Waals surface area contributed by atoms with E-state index in [-0.39, 0.29) is 11.7 Å². The average molecular weight is 243 g/mol. The van der Waals surface area contributed by atoms with E-state index in [0.29, 0.717) is 5.92 Å². The highest BCUT2D eigenvalue weighted by atomic mass is 16.5. The molecule has 0 N–H and O–H groups in total. The predicted molar refractivity (Wildman–Crippen MR) is 71.1 cm³/mol. The largest absolute Gasteiger partial charge is 0.496 e. The summed E-state index contributed by atoms with van der Waals surface area (Å²) in [4.78, 5) is 12.4. The molecule has 1 aromatic heterocycles. The fourth-order valence-corrected chi connectivity index (χ4v) is 2.66. The van der Waals surface area contributed by atoms with Crippen molar-refractivity contribution >= 4 is 16.7 Å². The van der Waals surface area contributed by atoms with E-state index in [1.54, 1.807) is 7.11 Å². The molecule has 1 saturated carbocycles. The number of ether oxygens (including phenoxy) is 1. The lowest BCUT2D eigenvalue weighted by molar-refractivity contribution is 0.0963. The number of hydrogen-bond donors (Lipinski definition) is 0. The summed E-state index contributed by atoms with van der Waals surface area (Å²) in [5.41, 5.74) is 1.85. The lowest BCUT2D eigenvalue weighted by Crippen LogP contribution is -2.02. The Hall–Kier alpha value is -1.77. The van der Waals surface area contributed by atoms with Crippen molar-refractivity contribution in [2.75, 3.05) is 7.11 Å². The molecule has 2 atom stereocenters. The fraction of sp³-hybridized carbons (Fsp3) is 0.400. The summed E-state index contributed by atoms with van der Waals surface area (Å²) in [7, 11) is 3.62.